The molecule has 15 heavy (non-hydrogen) atoms. The van der Waals surface area contributed by atoms with E-state index in [2.05, 4.69) is 18.7 Å². The Morgan fingerprint density at radius 2 is 1.60 bits per heavy atom. The Morgan fingerprint density at radius 1 is 1.20 bits per heavy atom. The van der Waals surface area contributed by atoms with Crippen molar-refractivity contribution in [1.29, 1.82) is 0 Å². The molecule has 0 aliphatic heterocycles. The average Bonchev–Trinajstić information content (AvgIpc) is 2.22. The lowest BCUT2D eigenvalue weighted by atomic mass is 9.88. The zero-order valence-corrected chi connectivity index (χ0v) is 10.7. The molecule has 0 aliphatic rings. The number of hydrogen-bond acceptors (Lipinski definition) is 2. The molecule has 0 heterocycles. The molecule has 0 aromatic carbocycles. The third kappa shape index (κ3) is 2.71. The van der Waals surface area contributed by atoms with E-state index in [1.807, 2.05) is 20.9 Å². The fourth-order valence-corrected chi connectivity index (χ4v) is 2.39. The van der Waals surface area contributed by atoms with Crippen molar-refractivity contribution in [3.05, 3.63) is 0 Å². The van der Waals surface area contributed by atoms with E-state index in [0.29, 0.717) is 18.9 Å². The van der Waals surface area contributed by atoms with Crippen LogP contribution in [0.15, 0.2) is 0 Å². The van der Waals surface area contributed by atoms with Gasteiger partial charge < -0.3 is 5.11 Å². The zero-order chi connectivity index (χ0) is 12.1. The standard InChI is InChI=1S/C12H25NO2/c1-6-10(7-2)13(5)12(8-3,9-4)11(14)15/h10H,6-9H2,1-5H3,(H,14,15). The highest BCUT2D eigenvalue weighted by atomic mass is 16.4. The van der Waals surface area contributed by atoms with Crippen LogP contribution in [-0.4, -0.2) is 34.6 Å². The molecule has 0 saturated heterocycles. The Morgan fingerprint density at radius 3 is 1.80 bits per heavy atom. The number of rotatable bonds is 7. The molecule has 3 heteroatoms. The van der Waals surface area contributed by atoms with Crippen LogP contribution >= 0.6 is 0 Å². The molecule has 0 fully saturated rings. The van der Waals surface area contributed by atoms with Crippen LogP contribution in [0, 0.1) is 0 Å². The van der Waals surface area contributed by atoms with Crippen molar-refractivity contribution < 1.29 is 9.90 Å². The number of carboxylic acid groups (broad SMARTS) is 1. The topological polar surface area (TPSA) is 40.5 Å². The summed E-state index contributed by atoms with van der Waals surface area (Å²) in [5, 5.41) is 9.39. The first-order chi connectivity index (χ1) is 6.99. The molecule has 3 nitrogen and oxygen atoms in total. The van der Waals surface area contributed by atoms with E-state index in [0.717, 1.165) is 12.8 Å². The van der Waals surface area contributed by atoms with Crippen molar-refractivity contribution in [2.24, 2.45) is 0 Å². The summed E-state index contributed by atoms with van der Waals surface area (Å²) in [6.07, 6.45) is 3.32. The molecule has 0 atom stereocenters. The van der Waals surface area contributed by atoms with E-state index in [-0.39, 0.29) is 0 Å². The van der Waals surface area contributed by atoms with Crippen molar-refractivity contribution in [3.63, 3.8) is 0 Å². The van der Waals surface area contributed by atoms with Gasteiger partial charge in [0, 0.05) is 6.04 Å². The van der Waals surface area contributed by atoms with Gasteiger partial charge in [0.25, 0.3) is 0 Å². The van der Waals surface area contributed by atoms with Gasteiger partial charge >= 0.3 is 5.97 Å². The van der Waals surface area contributed by atoms with Crippen LogP contribution in [0.25, 0.3) is 0 Å². The quantitative estimate of drug-likeness (QED) is 0.710. The monoisotopic (exact) mass is 215 g/mol. The van der Waals surface area contributed by atoms with Crippen molar-refractivity contribution in [2.45, 2.75) is 65.0 Å². The summed E-state index contributed by atoms with van der Waals surface area (Å²) < 4.78 is 0. The predicted octanol–water partition coefficient (Wildman–Crippen LogP) is 2.75. The van der Waals surface area contributed by atoms with E-state index in [9.17, 15) is 9.90 Å². The zero-order valence-electron chi connectivity index (χ0n) is 10.7. The average molecular weight is 215 g/mol. The van der Waals surface area contributed by atoms with Crippen LogP contribution in [0.2, 0.25) is 0 Å². The van der Waals surface area contributed by atoms with E-state index in [1.165, 1.54) is 0 Å². The molecule has 90 valence electrons. The third-order valence-corrected chi connectivity index (χ3v) is 3.73. The van der Waals surface area contributed by atoms with E-state index in [4.69, 9.17) is 0 Å². The first-order valence-electron chi connectivity index (χ1n) is 5.96. The highest BCUT2D eigenvalue weighted by Gasteiger charge is 2.41. The van der Waals surface area contributed by atoms with Gasteiger partial charge in [0.05, 0.1) is 0 Å². The lowest BCUT2D eigenvalue weighted by molar-refractivity contribution is -0.153. The van der Waals surface area contributed by atoms with Crippen LogP contribution in [-0.2, 0) is 4.79 Å². The number of hydrogen-bond donors (Lipinski definition) is 1. The molecular weight excluding hydrogens is 190 g/mol. The number of nitrogens with zero attached hydrogens (tertiary/aromatic N) is 1. The molecule has 0 aromatic heterocycles. The summed E-state index contributed by atoms with van der Waals surface area (Å²) in [7, 11) is 1.94. The van der Waals surface area contributed by atoms with Gasteiger partial charge in [0.15, 0.2) is 0 Å². The minimum atomic E-state index is -0.693. The molecule has 0 unspecified atom stereocenters. The Balaban J connectivity index is 4.98. The normalized spacial score (nSPS) is 12.5. The maximum absolute atomic E-state index is 11.4. The number of carbonyl (C=O) groups is 1. The molecule has 0 bridgehead atoms. The van der Waals surface area contributed by atoms with Gasteiger partial charge in [0.1, 0.15) is 5.54 Å². The van der Waals surface area contributed by atoms with Gasteiger partial charge in [-0.1, -0.05) is 27.7 Å². The molecule has 0 spiro atoms. The second-order valence-electron chi connectivity index (χ2n) is 4.13. The summed E-state index contributed by atoms with van der Waals surface area (Å²) in [6, 6.07) is 0.362. The molecule has 0 rings (SSSR count). The molecule has 0 amide bonds. The lowest BCUT2D eigenvalue weighted by Gasteiger charge is -2.41. The van der Waals surface area contributed by atoms with Crippen LogP contribution < -0.4 is 0 Å². The summed E-state index contributed by atoms with van der Waals surface area (Å²) in [5.74, 6) is -0.693. The minimum Gasteiger partial charge on any atom is -0.480 e. The van der Waals surface area contributed by atoms with Crippen molar-refractivity contribution in [1.82, 2.24) is 4.90 Å². The van der Waals surface area contributed by atoms with Gasteiger partial charge in [-0.05, 0) is 32.7 Å². The molecule has 0 aliphatic carbocycles. The van der Waals surface area contributed by atoms with Crippen molar-refractivity contribution in [3.8, 4) is 0 Å². The minimum absolute atomic E-state index is 0.362. The predicted molar refractivity (Wildman–Crippen MR) is 63.1 cm³/mol. The molecule has 1 N–H and O–H groups in total. The molecule has 0 radical (unpaired) electrons. The van der Waals surface area contributed by atoms with E-state index >= 15 is 0 Å². The molecular formula is C12H25NO2. The Kier molecular flexibility index (Phi) is 5.88. The van der Waals surface area contributed by atoms with Gasteiger partial charge in [0.2, 0.25) is 0 Å². The van der Waals surface area contributed by atoms with Gasteiger partial charge in [-0.3, -0.25) is 9.69 Å². The largest absolute Gasteiger partial charge is 0.480 e. The second-order valence-corrected chi connectivity index (χ2v) is 4.13. The van der Waals surface area contributed by atoms with Crippen LogP contribution in [0.1, 0.15) is 53.4 Å². The van der Waals surface area contributed by atoms with Crippen LogP contribution in [0.3, 0.4) is 0 Å². The molecule has 0 aromatic rings. The molecule has 0 saturated carbocycles. The maximum Gasteiger partial charge on any atom is 0.324 e. The number of likely N-dealkylation sites (N-methyl/N-ethyl adjacent to an activating group) is 1. The Labute approximate surface area is 93.5 Å². The van der Waals surface area contributed by atoms with Crippen molar-refractivity contribution >= 4 is 5.97 Å². The summed E-state index contributed by atoms with van der Waals surface area (Å²) in [4.78, 5) is 13.5. The third-order valence-electron chi connectivity index (χ3n) is 3.73. The first kappa shape index (κ1) is 14.4. The summed E-state index contributed by atoms with van der Waals surface area (Å²) >= 11 is 0. The van der Waals surface area contributed by atoms with E-state index in [1.54, 1.807) is 0 Å². The van der Waals surface area contributed by atoms with Crippen LogP contribution in [0.5, 0.6) is 0 Å². The highest BCUT2D eigenvalue weighted by molar-refractivity contribution is 5.78. The van der Waals surface area contributed by atoms with Crippen LogP contribution in [0.4, 0.5) is 0 Å². The summed E-state index contributed by atoms with van der Waals surface area (Å²) in [6.45, 7) is 8.14. The highest BCUT2D eigenvalue weighted by Crippen LogP contribution is 2.27. The van der Waals surface area contributed by atoms with E-state index < -0.39 is 11.5 Å². The smallest absolute Gasteiger partial charge is 0.324 e. The Bertz CT molecular complexity index is 196. The van der Waals surface area contributed by atoms with Gasteiger partial charge in [-0.2, -0.15) is 0 Å². The first-order valence-corrected chi connectivity index (χ1v) is 5.96. The number of carboxylic acids is 1. The second kappa shape index (κ2) is 6.11. The maximum atomic E-state index is 11.4. The van der Waals surface area contributed by atoms with Gasteiger partial charge in [-0.15, -0.1) is 0 Å². The fourth-order valence-electron chi connectivity index (χ4n) is 2.39. The Hall–Kier alpha value is -0.570. The van der Waals surface area contributed by atoms with Crippen molar-refractivity contribution in [2.75, 3.05) is 7.05 Å². The van der Waals surface area contributed by atoms with Gasteiger partial charge in [-0.25, -0.2) is 0 Å². The number of aliphatic carboxylic acids is 1. The SMILES string of the molecule is CCC(CC)N(C)C(CC)(CC)C(=O)O. The summed E-state index contributed by atoms with van der Waals surface area (Å²) in [5.41, 5.74) is -0.684. The lowest BCUT2D eigenvalue weighted by Crippen LogP contribution is -2.55. The fraction of sp³-hybridized carbons (Fsp3) is 0.917.